The van der Waals surface area contributed by atoms with E-state index in [1.54, 1.807) is 24.5 Å². The number of barbiturate groups is 1. The van der Waals surface area contributed by atoms with Crippen molar-refractivity contribution in [3.8, 4) is 11.5 Å². The molecule has 1 aliphatic rings. The van der Waals surface area contributed by atoms with Gasteiger partial charge in [-0.3, -0.25) is 19.4 Å². The molecule has 0 saturated carbocycles. The quantitative estimate of drug-likeness (QED) is 0.320. The zero-order valence-corrected chi connectivity index (χ0v) is 20.8. The van der Waals surface area contributed by atoms with Crippen LogP contribution in [-0.4, -0.2) is 58.5 Å². The molecule has 1 aliphatic heterocycles. The number of hydrogen-bond donors (Lipinski definition) is 1. The summed E-state index contributed by atoms with van der Waals surface area (Å²) in [6.07, 6.45) is 0. The van der Waals surface area contributed by atoms with E-state index in [0.717, 1.165) is 20.1 Å². The van der Waals surface area contributed by atoms with Gasteiger partial charge in [-0.15, -0.1) is 0 Å². The van der Waals surface area contributed by atoms with Crippen molar-refractivity contribution in [1.82, 2.24) is 14.4 Å². The van der Waals surface area contributed by atoms with E-state index in [9.17, 15) is 24.7 Å². The maximum Gasteiger partial charge on any atom is 0.332 e. The third-order valence-electron chi connectivity index (χ3n) is 6.84. The Morgan fingerprint density at radius 1 is 1.03 bits per heavy atom. The Labute approximate surface area is 208 Å². The summed E-state index contributed by atoms with van der Waals surface area (Å²) in [6.45, 7) is 3.80. The van der Waals surface area contributed by atoms with Crippen LogP contribution < -0.4 is 9.47 Å². The Hall–Kier alpha value is -4.34. The summed E-state index contributed by atoms with van der Waals surface area (Å²) in [5, 5.41) is 23.8. The van der Waals surface area contributed by atoms with Gasteiger partial charge in [0.15, 0.2) is 11.5 Å². The number of benzene rings is 2. The smallest absolute Gasteiger partial charge is 0.332 e. The molecular weight excluding hydrogens is 464 g/mol. The Bertz CT molecular complexity index is 1330. The first-order chi connectivity index (χ1) is 17.1. The van der Waals surface area contributed by atoms with Crippen LogP contribution in [0.2, 0.25) is 0 Å². The number of hydrogen-bond acceptors (Lipinski definition) is 6. The van der Waals surface area contributed by atoms with E-state index in [-0.39, 0.29) is 17.3 Å². The second-order valence-electron chi connectivity index (χ2n) is 8.86. The van der Waals surface area contributed by atoms with E-state index in [4.69, 9.17) is 4.74 Å². The third kappa shape index (κ3) is 3.94. The van der Waals surface area contributed by atoms with Crippen LogP contribution in [0.4, 0.5) is 4.79 Å². The number of urea groups is 1. The molecule has 1 N–H and O–H groups in total. The minimum atomic E-state index is -1.39. The Balaban J connectivity index is 2.00. The fourth-order valence-electron chi connectivity index (χ4n) is 4.66. The number of phenols is 1. The number of imide groups is 2. The molecule has 1 saturated heterocycles. The number of carbonyl (C=O) groups excluding carboxylic acids is 3. The summed E-state index contributed by atoms with van der Waals surface area (Å²) >= 11 is 0. The Morgan fingerprint density at radius 2 is 1.64 bits per heavy atom. The monoisotopic (exact) mass is 492 g/mol. The van der Waals surface area contributed by atoms with E-state index >= 15 is 0 Å². The highest BCUT2D eigenvalue weighted by atomic mass is 16.5. The van der Waals surface area contributed by atoms with Crippen molar-refractivity contribution in [3.63, 3.8) is 0 Å². The minimum absolute atomic E-state index is 0.123. The van der Waals surface area contributed by atoms with Crippen molar-refractivity contribution in [2.24, 2.45) is 5.92 Å². The highest BCUT2D eigenvalue weighted by Gasteiger charge is 2.51. The van der Waals surface area contributed by atoms with E-state index in [2.05, 4.69) is 0 Å². The van der Waals surface area contributed by atoms with Crippen LogP contribution in [0.1, 0.15) is 34.3 Å². The molecule has 2 heterocycles. The molecule has 36 heavy (non-hydrogen) atoms. The van der Waals surface area contributed by atoms with Crippen molar-refractivity contribution in [3.05, 3.63) is 82.1 Å². The molecule has 2 aromatic carbocycles. The molecule has 0 aliphatic carbocycles. The maximum atomic E-state index is 13.6. The van der Waals surface area contributed by atoms with Crippen LogP contribution in [0.3, 0.4) is 0 Å². The van der Waals surface area contributed by atoms with E-state index < -0.39 is 29.7 Å². The van der Waals surface area contributed by atoms with Crippen LogP contribution >= 0.6 is 0 Å². The number of amides is 4. The first-order valence-corrected chi connectivity index (χ1v) is 11.4. The van der Waals surface area contributed by atoms with Crippen molar-refractivity contribution in [1.29, 1.82) is 0 Å². The standard InChI is InChI=1S/C26H28N4O6/c1-15-16(2)30(35)23(29(15)14-17-9-7-6-8-10-17)21(18-11-12-19(31)20(13-18)36-5)22-24(32)27(3)26(34)28(4)25(22)33/h6-13,21-22,31H,14H2,1-5H3/t21-/m0/s1. The number of methoxy groups -OCH3 is 1. The number of aromatic hydroxyl groups is 1. The van der Waals surface area contributed by atoms with Gasteiger partial charge in [0.05, 0.1) is 7.11 Å². The molecule has 0 bridgehead atoms. The average Bonchev–Trinajstić information content (AvgIpc) is 3.08. The molecule has 10 nitrogen and oxygen atoms in total. The lowest BCUT2D eigenvalue weighted by atomic mass is 9.82. The molecule has 0 spiro atoms. The number of phenolic OH excluding ortho intramolecular Hbond substituents is 1. The van der Waals surface area contributed by atoms with Crippen molar-refractivity contribution < 1.29 is 29.0 Å². The second kappa shape index (κ2) is 9.37. The zero-order valence-electron chi connectivity index (χ0n) is 20.8. The predicted molar refractivity (Wildman–Crippen MR) is 129 cm³/mol. The number of rotatable bonds is 6. The summed E-state index contributed by atoms with van der Waals surface area (Å²) in [7, 11) is 3.99. The molecule has 10 heteroatoms. The van der Waals surface area contributed by atoms with Crippen LogP contribution in [0.5, 0.6) is 11.5 Å². The van der Waals surface area contributed by atoms with Crippen molar-refractivity contribution >= 4 is 17.8 Å². The van der Waals surface area contributed by atoms with E-state index in [0.29, 0.717) is 23.5 Å². The lowest BCUT2D eigenvalue weighted by Gasteiger charge is -2.36. The number of imidazole rings is 1. The number of aromatic nitrogens is 2. The summed E-state index contributed by atoms with van der Waals surface area (Å²) in [6, 6.07) is 13.2. The van der Waals surface area contributed by atoms with Gasteiger partial charge in [0.25, 0.3) is 5.82 Å². The Kier molecular flexibility index (Phi) is 6.45. The number of nitrogens with zero attached hydrogens (tertiary/aromatic N) is 4. The van der Waals surface area contributed by atoms with Gasteiger partial charge >= 0.3 is 6.03 Å². The molecule has 0 unspecified atom stereocenters. The highest BCUT2D eigenvalue weighted by Crippen LogP contribution is 2.39. The molecule has 4 amide bonds. The van der Waals surface area contributed by atoms with Gasteiger partial charge < -0.3 is 15.1 Å². The molecule has 0 radical (unpaired) electrons. The molecule has 1 aromatic heterocycles. The fraction of sp³-hybridized carbons (Fsp3) is 0.308. The van der Waals surface area contributed by atoms with Gasteiger partial charge in [0, 0.05) is 27.9 Å². The third-order valence-corrected chi connectivity index (χ3v) is 6.84. The molecule has 188 valence electrons. The van der Waals surface area contributed by atoms with Gasteiger partial charge in [0.1, 0.15) is 29.8 Å². The lowest BCUT2D eigenvalue weighted by Crippen LogP contribution is -2.59. The van der Waals surface area contributed by atoms with Crippen molar-refractivity contribution in [2.75, 3.05) is 21.2 Å². The molecular formula is C26H28N4O6. The minimum Gasteiger partial charge on any atom is -0.711 e. The topological polar surface area (TPSA) is 119 Å². The van der Waals surface area contributed by atoms with E-state index in [1.807, 2.05) is 30.3 Å². The predicted octanol–water partition coefficient (Wildman–Crippen LogP) is 2.30. The van der Waals surface area contributed by atoms with Gasteiger partial charge in [0.2, 0.25) is 11.8 Å². The molecule has 1 atom stereocenters. The van der Waals surface area contributed by atoms with Crippen LogP contribution in [0, 0.1) is 25.0 Å². The van der Waals surface area contributed by atoms with Gasteiger partial charge in [-0.05, 0) is 23.3 Å². The average molecular weight is 493 g/mol. The molecule has 3 aromatic rings. The summed E-state index contributed by atoms with van der Waals surface area (Å²) in [5.74, 6) is -3.75. The van der Waals surface area contributed by atoms with Gasteiger partial charge in [-0.1, -0.05) is 36.4 Å². The van der Waals surface area contributed by atoms with E-state index in [1.165, 1.54) is 33.3 Å². The summed E-state index contributed by atoms with van der Waals surface area (Å²) in [4.78, 5) is 41.1. The van der Waals surface area contributed by atoms with Crippen LogP contribution in [0.15, 0.2) is 48.5 Å². The van der Waals surface area contributed by atoms with Crippen molar-refractivity contribution in [2.45, 2.75) is 26.3 Å². The maximum absolute atomic E-state index is 13.6. The first kappa shape index (κ1) is 24.8. The fourth-order valence-corrected chi connectivity index (χ4v) is 4.66. The normalized spacial score (nSPS) is 15.5. The second-order valence-corrected chi connectivity index (χ2v) is 8.86. The summed E-state index contributed by atoms with van der Waals surface area (Å²) in [5.41, 5.74) is 2.42. The zero-order chi connectivity index (χ0) is 26.3. The molecule has 4 rings (SSSR count). The molecule has 1 fully saturated rings. The highest BCUT2D eigenvalue weighted by molar-refractivity contribution is 6.16. The van der Waals surface area contributed by atoms with Crippen LogP contribution in [-0.2, 0) is 16.1 Å². The van der Waals surface area contributed by atoms with Gasteiger partial charge in [-0.2, -0.15) is 0 Å². The SMILES string of the molecule is COc1cc([C@H](c2n(Cc3ccccc3)c(C)c(C)[n+]2[O-])C2C(=O)N(C)C(=O)N(C)C2=O)ccc1O. The largest absolute Gasteiger partial charge is 0.711 e. The first-order valence-electron chi connectivity index (χ1n) is 11.4. The Morgan fingerprint density at radius 3 is 2.22 bits per heavy atom. The lowest BCUT2D eigenvalue weighted by molar-refractivity contribution is -0.621. The summed E-state index contributed by atoms with van der Waals surface area (Å²) < 4.78 is 7.80. The number of ether oxygens (including phenoxy) is 1. The van der Waals surface area contributed by atoms with Gasteiger partial charge in [-0.25, -0.2) is 14.1 Å². The number of carbonyl (C=O) groups is 3. The van der Waals surface area contributed by atoms with Crippen LogP contribution in [0.25, 0.3) is 0 Å².